The third-order valence-corrected chi connectivity index (χ3v) is 3.23. The standard InChI is InChI=1S/C15H17FN2O2/c1-15(2,3)14(19)18-13(6-7-20-18)11-8-10(9-17)4-5-12(11)16/h4-5,8,13H,6-7H2,1-3H3/t13-/m0/s1. The molecule has 0 spiro atoms. The lowest BCUT2D eigenvalue weighted by Crippen LogP contribution is -2.38. The maximum absolute atomic E-state index is 14.0. The summed E-state index contributed by atoms with van der Waals surface area (Å²) in [6, 6.07) is 5.67. The Morgan fingerprint density at radius 1 is 1.50 bits per heavy atom. The molecule has 20 heavy (non-hydrogen) atoms. The van der Waals surface area contributed by atoms with Crippen LogP contribution in [0.3, 0.4) is 0 Å². The second kappa shape index (κ2) is 5.22. The van der Waals surface area contributed by atoms with Crippen LogP contribution in [-0.2, 0) is 9.63 Å². The molecule has 0 bridgehead atoms. The summed E-state index contributed by atoms with van der Waals surface area (Å²) in [6.45, 7) is 5.73. The van der Waals surface area contributed by atoms with Crippen LogP contribution in [0.5, 0.6) is 0 Å². The Bertz CT molecular complexity index is 572. The van der Waals surface area contributed by atoms with Crippen molar-refractivity contribution < 1.29 is 14.0 Å². The van der Waals surface area contributed by atoms with Gasteiger partial charge in [0.15, 0.2) is 0 Å². The largest absolute Gasteiger partial charge is 0.272 e. The molecule has 106 valence electrons. The van der Waals surface area contributed by atoms with E-state index in [1.807, 2.05) is 6.07 Å². The number of halogens is 1. The van der Waals surface area contributed by atoms with Gasteiger partial charge < -0.3 is 0 Å². The van der Waals surface area contributed by atoms with Gasteiger partial charge in [-0.05, 0) is 18.2 Å². The Kier molecular flexibility index (Phi) is 3.78. The van der Waals surface area contributed by atoms with Crippen molar-refractivity contribution in [2.75, 3.05) is 6.61 Å². The Labute approximate surface area is 117 Å². The topological polar surface area (TPSA) is 53.3 Å². The van der Waals surface area contributed by atoms with Gasteiger partial charge in [0.05, 0.1) is 24.3 Å². The molecule has 4 nitrogen and oxygen atoms in total. The summed E-state index contributed by atoms with van der Waals surface area (Å²) < 4.78 is 14.0. The number of benzene rings is 1. The number of hydroxylamine groups is 2. The van der Waals surface area contributed by atoms with Crippen LogP contribution in [0.25, 0.3) is 0 Å². The summed E-state index contributed by atoms with van der Waals surface area (Å²) in [5.41, 5.74) is 0.0990. The Morgan fingerprint density at radius 2 is 2.20 bits per heavy atom. The number of hydrogen-bond acceptors (Lipinski definition) is 3. The number of amides is 1. The fourth-order valence-corrected chi connectivity index (χ4v) is 2.15. The van der Waals surface area contributed by atoms with E-state index >= 15 is 0 Å². The van der Waals surface area contributed by atoms with Crippen molar-refractivity contribution in [3.63, 3.8) is 0 Å². The summed E-state index contributed by atoms with van der Waals surface area (Å²) in [5.74, 6) is -0.618. The van der Waals surface area contributed by atoms with Gasteiger partial charge in [-0.2, -0.15) is 5.26 Å². The van der Waals surface area contributed by atoms with Gasteiger partial charge in [-0.15, -0.1) is 0 Å². The third kappa shape index (κ3) is 2.66. The van der Waals surface area contributed by atoms with Crippen molar-refractivity contribution in [3.8, 4) is 6.07 Å². The number of nitriles is 1. The van der Waals surface area contributed by atoms with Crippen LogP contribution in [0, 0.1) is 22.6 Å². The SMILES string of the molecule is CC(C)(C)C(=O)N1OCC[C@H]1c1cc(C#N)ccc1F. The van der Waals surface area contributed by atoms with E-state index in [0.29, 0.717) is 24.2 Å². The van der Waals surface area contributed by atoms with Gasteiger partial charge in [-0.25, -0.2) is 9.45 Å². The first-order valence-corrected chi connectivity index (χ1v) is 6.50. The number of carbonyl (C=O) groups excluding carboxylic acids is 1. The molecule has 0 unspecified atom stereocenters. The minimum absolute atomic E-state index is 0.193. The molecule has 1 atom stereocenters. The van der Waals surface area contributed by atoms with Crippen molar-refractivity contribution in [1.29, 1.82) is 5.26 Å². The zero-order valence-electron chi connectivity index (χ0n) is 11.8. The highest BCUT2D eigenvalue weighted by atomic mass is 19.1. The van der Waals surface area contributed by atoms with Gasteiger partial charge in [0, 0.05) is 17.4 Å². The molecule has 0 N–H and O–H groups in total. The molecule has 1 heterocycles. The van der Waals surface area contributed by atoms with E-state index < -0.39 is 17.3 Å². The summed E-state index contributed by atoms with van der Waals surface area (Å²) >= 11 is 0. The zero-order chi connectivity index (χ0) is 14.9. The van der Waals surface area contributed by atoms with Crippen molar-refractivity contribution in [1.82, 2.24) is 5.06 Å². The first-order chi connectivity index (χ1) is 9.34. The lowest BCUT2D eigenvalue weighted by Gasteiger charge is -2.29. The van der Waals surface area contributed by atoms with E-state index in [0.717, 1.165) is 0 Å². The van der Waals surface area contributed by atoms with E-state index in [4.69, 9.17) is 10.1 Å². The lowest BCUT2D eigenvalue weighted by molar-refractivity contribution is -0.186. The normalized spacial score (nSPS) is 18.9. The molecule has 1 aliphatic rings. The quantitative estimate of drug-likeness (QED) is 0.792. The van der Waals surface area contributed by atoms with Crippen LogP contribution >= 0.6 is 0 Å². The Morgan fingerprint density at radius 3 is 2.80 bits per heavy atom. The summed E-state index contributed by atoms with van der Waals surface area (Å²) in [6.07, 6.45) is 0.521. The van der Waals surface area contributed by atoms with Gasteiger partial charge in [-0.1, -0.05) is 20.8 Å². The van der Waals surface area contributed by atoms with Gasteiger partial charge in [-0.3, -0.25) is 9.63 Å². The average Bonchev–Trinajstić information content (AvgIpc) is 2.86. The molecule has 1 aromatic rings. The maximum atomic E-state index is 14.0. The molecule has 0 radical (unpaired) electrons. The average molecular weight is 276 g/mol. The van der Waals surface area contributed by atoms with E-state index in [2.05, 4.69) is 0 Å². The predicted octanol–water partition coefficient (Wildman–Crippen LogP) is 2.95. The van der Waals surface area contributed by atoms with E-state index in [1.54, 1.807) is 20.8 Å². The molecule has 1 saturated heterocycles. The minimum atomic E-state index is -0.605. The highest BCUT2D eigenvalue weighted by Crippen LogP contribution is 2.35. The molecular weight excluding hydrogens is 259 g/mol. The van der Waals surface area contributed by atoms with Gasteiger partial charge in [0.1, 0.15) is 5.82 Å². The molecule has 0 aromatic heterocycles. The molecular formula is C15H17FN2O2. The second-order valence-corrected chi connectivity index (χ2v) is 5.87. The lowest BCUT2D eigenvalue weighted by atomic mass is 9.93. The van der Waals surface area contributed by atoms with Crippen LogP contribution in [0.15, 0.2) is 18.2 Å². The smallest absolute Gasteiger partial charge is 0.252 e. The molecule has 1 fully saturated rings. The monoisotopic (exact) mass is 276 g/mol. The van der Waals surface area contributed by atoms with Crippen LogP contribution in [0.4, 0.5) is 4.39 Å². The fourth-order valence-electron chi connectivity index (χ4n) is 2.15. The van der Waals surface area contributed by atoms with Crippen molar-refractivity contribution >= 4 is 5.91 Å². The maximum Gasteiger partial charge on any atom is 0.252 e. The van der Waals surface area contributed by atoms with E-state index in [1.165, 1.54) is 23.3 Å². The Balaban J connectivity index is 2.37. The van der Waals surface area contributed by atoms with Crippen LogP contribution in [-0.4, -0.2) is 17.6 Å². The first-order valence-electron chi connectivity index (χ1n) is 6.50. The summed E-state index contributed by atoms with van der Waals surface area (Å²) in [4.78, 5) is 17.7. The number of nitrogens with zero attached hydrogens (tertiary/aromatic N) is 2. The first kappa shape index (κ1) is 14.5. The highest BCUT2D eigenvalue weighted by molar-refractivity contribution is 5.81. The van der Waals surface area contributed by atoms with Gasteiger partial charge in [0.25, 0.3) is 5.91 Å². The van der Waals surface area contributed by atoms with Crippen molar-refractivity contribution in [2.45, 2.75) is 33.2 Å². The summed E-state index contributed by atoms with van der Waals surface area (Å²) in [7, 11) is 0. The number of carbonyl (C=O) groups is 1. The Hall–Kier alpha value is -1.93. The second-order valence-electron chi connectivity index (χ2n) is 5.87. The molecule has 5 heteroatoms. The molecule has 1 aromatic carbocycles. The zero-order valence-corrected chi connectivity index (χ0v) is 11.8. The summed E-state index contributed by atoms with van der Waals surface area (Å²) in [5, 5.41) is 10.2. The fraction of sp³-hybridized carbons (Fsp3) is 0.467. The predicted molar refractivity (Wildman–Crippen MR) is 70.7 cm³/mol. The molecule has 2 rings (SSSR count). The number of hydrogen-bond donors (Lipinski definition) is 0. The van der Waals surface area contributed by atoms with Crippen molar-refractivity contribution in [2.24, 2.45) is 5.41 Å². The molecule has 0 aliphatic carbocycles. The van der Waals surface area contributed by atoms with Crippen molar-refractivity contribution in [3.05, 3.63) is 35.1 Å². The van der Waals surface area contributed by atoms with Crippen LogP contribution in [0.1, 0.15) is 44.4 Å². The molecule has 1 aliphatic heterocycles. The highest BCUT2D eigenvalue weighted by Gasteiger charge is 2.38. The van der Waals surface area contributed by atoms with Crippen LogP contribution < -0.4 is 0 Å². The molecule has 0 saturated carbocycles. The number of rotatable bonds is 1. The van der Waals surface area contributed by atoms with E-state index in [-0.39, 0.29) is 5.91 Å². The van der Waals surface area contributed by atoms with Gasteiger partial charge in [0.2, 0.25) is 0 Å². The minimum Gasteiger partial charge on any atom is -0.272 e. The third-order valence-electron chi connectivity index (χ3n) is 3.23. The van der Waals surface area contributed by atoms with Gasteiger partial charge >= 0.3 is 0 Å². The molecule has 1 amide bonds. The van der Waals surface area contributed by atoms with Crippen LogP contribution in [0.2, 0.25) is 0 Å². The van der Waals surface area contributed by atoms with E-state index in [9.17, 15) is 9.18 Å².